The largest absolute Gasteiger partial charge is 0.489 e. The van der Waals surface area contributed by atoms with E-state index >= 15 is 0 Å². The second kappa shape index (κ2) is 10.9. The summed E-state index contributed by atoms with van der Waals surface area (Å²) in [6.45, 7) is 3.41. The van der Waals surface area contributed by atoms with E-state index in [1.807, 2.05) is 30.3 Å². The van der Waals surface area contributed by atoms with Crippen LogP contribution in [0.15, 0.2) is 72.8 Å². The quantitative estimate of drug-likeness (QED) is 0.291. The Morgan fingerprint density at radius 3 is 2.15 bits per heavy atom. The molecule has 0 aliphatic rings. The van der Waals surface area contributed by atoms with Crippen molar-refractivity contribution in [2.24, 2.45) is 0 Å². The first-order chi connectivity index (χ1) is 16.0. The number of ether oxygens (including phenoxy) is 2. The van der Waals surface area contributed by atoms with E-state index in [0.29, 0.717) is 17.1 Å². The number of carbonyl (C=O) groups is 1. The summed E-state index contributed by atoms with van der Waals surface area (Å²) in [7, 11) is 0. The Bertz CT molecular complexity index is 1170. The van der Waals surface area contributed by atoms with Crippen LogP contribution in [-0.2, 0) is 11.0 Å². The highest BCUT2D eigenvalue weighted by atomic mass is 127. The first kappa shape index (κ1) is 25.6. The van der Waals surface area contributed by atoms with E-state index in [4.69, 9.17) is 14.6 Å². The van der Waals surface area contributed by atoms with Crippen LogP contribution in [0, 0.1) is 10.5 Å². The second-order valence-electron chi connectivity index (χ2n) is 7.54. The molecule has 0 radical (unpaired) electrons. The number of alkyl halides is 3. The van der Waals surface area contributed by atoms with E-state index in [0.717, 1.165) is 32.4 Å². The van der Waals surface area contributed by atoms with Gasteiger partial charge in [-0.3, -0.25) is 0 Å². The molecule has 1 unspecified atom stereocenters. The molecule has 1 N–H and O–H groups in total. The number of carboxylic acid groups (broad SMARTS) is 1. The van der Waals surface area contributed by atoms with E-state index in [2.05, 4.69) is 22.6 Å². The van der Waals surface area contributed by atoms with E-state index in [9.17, 15) is 18.0 Å². The van der Waals surface area contributed by atoms with Crippen molar-refractivity contribution in [3.63, 3.8) is 0 Å². The Morgan fingerprint density at radius 2 is 1.62 bits per heavy atom. The first-order valence-corrected chi connectivity index (χ1v) is 11.4. The Hall–Kier alpha value is -3.01. The van der Waals surface area contributed by atoms with Crippen molar-refractivity contribution in [2.75, 3.05) is 6.61 Å². The maximum atomic E-state index is 13.0. The van der Waals surface area contributed by atoms with Crippen LogP contribution in [0.2, 0.25) is 0 Å². The molecular weight excluding hydrogens is 560 g/mol. The summed E-state index contributed by atoms with van der Waals surface area (Å²) in [6, 6.07) is 17.8. The van der Waals surface area contributed by atoms with Gasteiger partial charge in [0.25, 0.3) is 0 Å². The molecular formula is C26H22F3IO4. The van der Waals surface area contributed by atoms with E-state index in [1.165, 1.54) is 19.1 Å². The van der Waals surface area contributed by atoms with Crippen molar-refractivity contribution < 1.29 is 32.5 Å². The van der Waals surface area contributed by atoms with Gasteiger partial charge in [-0.05, 0) is 107 Å². The Labute approximate surface area is 209 Å². The average Bonchev–Trinajstić information content (AvgIpc) is 2.78. The third-order valence-electron chi connectivity index (χ3n) is 5.01. The van der Waals surface area contributed by atoms with Crippen LogP contribution in [0.1, 0.15) is 29.2 Å². The lowest BCUT2D eigenvalue weighted by atomic mass is 9.96. The molecule has 3 aromatic rings. The van der Waals surface area contributed by atoms with Gasteiger partial charge >= 0.3 is 12.1 Å². The number of aliphatic carboxylic acids is 1. The molecule has 0 fully saturated rings. The van der Waals surface area contributed by atoms with Gasteiger partial charge in [0.2, 0.25) is 0 Å². The molecule has 3 aromatic carbocycles. The van der Waals surface area contributed by atoms with Crippen LogP contribution < -0.4 is 9.47 Å². The van der Waals surface area contributed by atoms with Crippen molar-refractivity contribution in [2.45, 2.75) is 26.1 Å². The van der Waals surface area contributed by atoms with Crippen LogP contribution in [0.5, 0.6) is 11.5 Å². The van der Waals surface area contributed by atoms with Gasteiger partial charge in [0, 0.05) is 3.57 Å². The number of carboxylic acids is 1. The minimum absolute atomic E-state index is 0.174. The summed E-state index contributed by atoms with van der Waals surface area (Å²) in [5.74, 6) is -0.0585. The summed E-state index contributed by atoms with van der Waals surface area (Å²) in [5.41, 5.74) is 2.25. The third kappa shape index (κ3) is 6.75. The minimum atomic E-state index is -4.40. The molecule has 0 aromatic heterocycles. The number of benzene rings is 3. The molecule has 3 rings (SSSR count). The maximum Gasteiger partial charge on any atom is 0.416 e. The fourth-order valence-corrected chi connectivity index (χ4v) is 3.54. The molecule has 0 bridgehead atoms. The monoisotopic (exact) mass is 582 g/mol. The molecule has 0 aliphatic carbocycles. The molecule has 34 heavy (non-hydrogen) atoms. The van der Waals surface area contributed by atoms with Crippen molar-refractivity contribution in [3.05, 3.63) is 98.6 Å². The van der Waals surface area contributed by atoms with Gasteiger partial charge < -0.3 is 14.6 Å². The number of aryl methyl sites for hydroxylation is 1. The van der Waals surface area contributed by atoms with Gasteiger partial charge in [0.15, 0.2) is 6.10 Å². The molecule has 0 saturated carbocycles. The lowest BCUT2D eigenvalue weighted by molar-refractivity contribution is -0.144. The normalized spacial score (nSPS) is 12.8. The summed E-state index contributed by atoms with van der Waals surface area (Å²) in [5, 5.41) is 9.00. The van der Waals surface area contributed by atoms with Gasteiger partial charge in [-0.2, -0.15) is 13.2 Å². The highest BCUT2D eigenvalue weighted by Crippen LogP contribution is 2.32. The van der Waals surface area contributed by atoms with Crippen LogP contribution in [0.25, 0.3) is 5.57 Å². The maximum absolute atomic E-state index is 13.0. The smallest absolute Gasteiger partial charge is 0.416 e. The summed E-state index contributed by atoms with van der Waals surface area (Å²) >= 11 is 2.19. The van der Waals surface area contributed by atoms with Crippen LogP contribution in [0.4, 0.5) is 13.2 Å². The number of hydrogen-bond acceptors (Lipinski definition) is 3. The third-order valence-corrected chi connectivity index (χ3v) is 5.73. The van der Waals surface area contributed by atoms with Crippen LogP contribution in [-0.4, -0.2) is 23.8 Å². The van der Waals surface area contributed by atoms with Crippen LogP contribution >= 0.6 is 22.6 Å². The van der Waals surface area contributed by atoms with Crippen molar-refractivity contribution in [1.82, 2.24) is 0 Å². The highest BCUT2D eigenvalue weighted by Gasteiger charge is 2.30. The molecule has 0 spiro atoms. The second-order valence-corrected chi connectivity index (χ2v) is 8.78. The predicted molar refractivity (Wildman–Crippen MR) is 132 cm³/mol. The SMILES string of the molecule is Cc1cc(OCC=C(c2ccc(I)cc2)c2ccc(C(F)(F)F)cc2)ccc1OC(C)C(=O)O. The van der Waals surface area contributed by atoms with Gasteiger partial charge in [-0.15, -0.1) is 0 Å². The highest BCUT2D eigenvalue weighted by molar-refractivity contribution is 14.1. The molecule has 0 amide bonds. The van der Waals surface area contributed by atoms with Gasteiger partial charge in [0.05, 0.1) is 5.56 Å². The molecule has 0 aliphatic heterocycles. The predicted octanol–water partition coefficient (Wildman–Crippen LogP) is 6.98. The average molecular weight is 582 g/mol. The zero-order valence-electron chi connectivity index (χ0n) is 18.4. The van der Waals surface area contributed by atoms with Gasteiger partial charge in [0.1, 0.15) is 18.1 Å². The standard InChI is InChI=1S/C26H22F3IO4/c1-16-15-22(11-12-24(16)34-17(2)25(31)32)33-14-13-23(19-5-9-21(30)10-6-19)18-3-7-20(8-4-18)26(27,28)29/h3-13,15,17H,14H2,1-2H3,(H,31,32). The lowest BCUT2D eigenvalue weighted by Gasteiger charge is -2.14. The van der Waals surface area contributed by atoms with Crippen molar-refractivity contribution >= 4 is 34.1 Å². The van der Waals surface area contributed by atoms with Crippen molar-refractivity contribution in [1.29, 1.82) is 0 Å². The van der Waals surface area contributed by atoms with Gasteiger partial charge in [-0.1, -0.05) is 24.3 Å². The summed E-state index contributed by atoms with van der Waals surface area (Å²) in [4.78, 5) is 11.0. The van der Waals surface area contributed by atoms with E-state index in [1.54, 1.807) is 25.1 Å². The first-order valence-electron chi connectivity index (χ1n) is 10.3. The fraction of sp³-hybridized carbons (Fsp3) is 0.192. The number of hydrogen-bond donors (Lipinski definition) is 1. The van der Waals surface area contributed by atoms with E-state index in [-0.39, 0.29) is 6.61 Å². The number of halogens is 4. The zero-order valence-corrected chi connectivity index (χ0v) is 20.6. The molecule has 178 valence electrons. The molecule has 0 heterocycles. The topological polar surface area (TPSA) is 55.8 Å². The summed E-state index contributed by atoms with van der Waals surface area (Å²) < 4.78 is 51.2. The fourth-order valence-electron chi connectivity index (χ4n) is 3.18. The van der Waals surface area contributed by atoms with Crippen LogP contribution in [0.3, 0.4) is 0 Å². The Morgan fingerprint density at radius 1 is 1.03 bits per heavy atom. The zero-order chi connectivity index (χ0) is 24.9. The lowest BCUT2D eigenvalue weighted by Crippen LogP contribution is -2.23. The molecule has 8 heteroatoms. The molecule has 4 nitrogen and oxygen atoms in total. The summed E-state index contributed by atoms with van der Waals surface area (Å²) in [6.07, 6.45) is -3.56. The number of rotatable bonds is 8. The Kier molecular flexibility index (Phi) is 8.24. The molecule has 1 atom stereocenters. The minimum Gasteiger partial charge on any atom is -0.489 e. The van der Waals surface area contributed by atoms with E-state index < -0.39 is 23.8 Å². The van der Waals surface area contributed by atoms with Gasteiger partial charge in [-0.25, -0.2) is 4.79 Å². The Balaban J connectivity index is 1.81. The van der Waals surface area contributed by atoms with Crippen molar-refractivity contribution in [3.8, 4) is 11.5 Å². The molecule has 0 saturated heterocycles.